The zero-order chi connectivity index (χ0) is 10.5. The first kappa shape index (κ1) is 10.1. The molecule has 0 saturated carbocycles. The number of nitrogens with one attached hydrogen (secondary N) is 2. The van der Waals surface area contributed by atoms with E-state index in [2.05, 4.69) is 15.6 Å². The molecule has 15 heavy (non-hydrogen) atoms. The van der Waals surface area contributed by atoms with Crippen LogP contribution in [0.4, 0.5) is 0 Å². The lowest BCUT2D eigenvalue weighted by Crippen LogP contribution is -2.43. The van der Waals surface area contributed by atoms with Gasteiger partial charge in [0.05, 0.1) is 25.5 Å². The summed E-state index contributed by atoms with van der Waals surface area (Å²) in [6.45, 7) is 2.72. The van der Waals surface area contributed by atoms with E-state index in [1.807, 2.05) is 0 Å². The van der Waals surface area contributed by atoms with Gasteiger partial charge >= 0.3 is 0 Å². The average Bonchev–Trinajstić information content (AvgIpc) is 2.65. The fraction of sp³-hybridized carbons (Fsp3) is 0.556. The molecule has 1 unspecified atom stereocenters. The van der Waals surface area contributed by atoms with Gasteiger partial charge in [0.1, 0.15) is 0 Å². The molecule has 6 heteroatoms. The first-order chi connectivity index (χ1) is 7.36. The maximum atomic E-state index is 11.6. The molecule has 0 spiro atoms. The molecule has 2 rings (SSSR count). The Hall–Kier alpha value is -1.40. The number of nitrogens with zero attached hydrogens (tertiary/aromatic N) is 1. The van der Waals surface area contributed by atoms with Crippen LogP contribution < -0.4 is 10.6 Å². The van der Waals surface area contributed by atoms with E-state index in [4.69, 9.17) is 9.15 Å². The highest BCUT2D eigenvalue weighted by molar-refractivity contribution is 5.91. The second kappa shape index (κ2) is 4.90. The summed E-state index contributed by atoms with van der Waals surface area (Å²) in [7, 11) is 0. The van der Waals surface area contributed by atoms with E-state index in [1.165, 1.54) is 12.6 Å². The highest BCUT2D eigenvalue weighted by Crippen LogP contribution is 1.98. The third kappa shape index (κ3) is 2.77. The molecule has 2 heterocycles. The van der Waals surface area contributed by atoms with Crippen molar-refractivity contribution in [2.24, 2.45) is 0 Å². The molecule has 1 aliphatic heterocycles. The van der Waals surface area contributed by atoms with E-state index >= 15 is 0 Å². The molecular weight excluding hydrogens is 198 g/mol. The van der Waals surface area contributed by atoms with Crippen molar-refractivity contribution in [3.63, 3.8) is 0 Å². The first-order valence-electron chi connectivity index (χ1n) is 4.84. The van der Waals surface area contributed by atoms with Gasteiger partial charge in [-0.15, -0.1) is 0 Å². The molecule has 1 fully saturated rings. The molecule has 2 N–H and O–H groups in total. The Bertz CT molecular complexity index is 304. The Morgan fingerprint density at radius 1 is 1.67 bits per heavy atom. The van der Waals surface area contributed by atoms with Gasteiger partial charge in [-0.1, -0.05) is 0 Å². The van der Waals surface area contributed by atoms with Crippen molar-refractivity contribution in [3.8, 4) is 0 Å². The fourth-order valence-corrected chi connectivity index (χ4v) is 1.38. The van der Waals surface area contributed by atoms with Crippen LogP contribution in [0.1, 0.15) is 10.6 Å². The molecule has 82 valence electrons. The minimum atomic E-state index is -0.259. The van der Waals surface area contributed by atoms with Crippen molar-refractivity contribution in [3.05, 3.63) is 18.4 Å². The SMILES string of the molecule is O=C(NC1CNCCOC1)c1cnco1. The van der Waals surface area contributed by atoms with E-state index in [9.17, 15) is 4.79 Å². The number of carbonyl (C=O) groups is 1. The van der Waals surface area contributed by atoms with Crippen LogP contribution in [0.2, 0.25) is 0 Å². The quantitative estimate of drug-likeness (QED) is 0.682. The normalized spacial score (nSPS) is 22.0. The molecule has 1 aromatic heterocycles. The van der Waals surface area contributed by atoms with Crippen LogP contribution in [0, 0.1) is 0 Å². The summed E-state index contributed by atoms with van der Waals surface area (Å²) in [5.74, 6) is -0.0379. The zero-order valence-corrected chi connectivity index (χ0v) is 8.23. The van der Waals surface area contributed by atoms with Gasteiger partial charge in [0, 0.05) is 13.1 Å². The number of rotatable bonds is 2. The number of ether oxygens (including phenoxy) is 1. The highest BCUT2D eigenvalue weighted by atomic mass is 16.5. The van der Waals surface area contributed by atoms with Crippen molar-refractivity contribution in [2.75, 3.05) is 26.3 Å². The molecule has 0 radical (unpaired) electrons. The lowest BCUT2D eigenvalue weighted by Gasteiger charge is -2.14. The molecule has 1 aliphatic rings. The van der Waals surface area contributed by atoms with E-state index in [-0.39, 0.29) is 17.7 Å². The predicted octanol–water partition coefficient (Wildman–Crippen LogP) is -0.607. The van der Waals surface area contributed by atoms with Crippen LogP contribution in [-0.2, 0) is 4.74 Å². The predicted molar refractivity (Wildman–Crippen MR) is 51.4 cm³/mol. The van der Waals surface area contributed by atoms with Crippen molar-refractivity contribution in [1.29, 1.82) is 0 Å². The van der Waals surface area contributed by atoms with Crippen LogP contribution in [0.3, 0.4) is 0 Å². The topological polar surface area (TPSA) is 76.4 Å². The summed E-state index contributed by atoms with van der Waals surface area (Å²) < 4.78 is 10.2. The molecule has 0 bridgehead atoms. The molecule has 1 saturated heterocycles. The number of carbonyl (C=O) groups excluding carboxylic acids is 1. The van der Waals surface area contributed by atoms with Crippen LogP contribution >= 0.6 is 0 Å². The van der Waals surface area contributed by atoms with Gasteiger partial charge in [0.25, 0.3) is 5.91 Å². The van der Waals surface area contributed by atoms with Crippen LogP contribution in [0.25, 0.3) is 0 Å². The molecule has 6 nitrogen and oxygen atoms in total. The molecule has 0 aromatic carbocycles. The fourth-order valence-electron chi connectivity index (χ4n) is 1.38. The molecular formula is C9H13N3O3. The van der Waals surface area contributed by atoms with Crippen molar-refractivity contribution in [1.82, 2.24) is 15.6 Å². The number of hydrogen-bond donors (Lipinski definition) is 2. The van der Waals surface area contributed by atoms with Gasteiger partial charge < -0.3 is 19.8 Å². The Kier molecular flexibility index (Phi) is 3.31. The van der Waals surface area contributed by atoms with Crippen LogP contribution in [0.5, 0.6) is 0 Å². The second-order valence-electron chi connectivity index (χ2n) is 3.32. The molecule has 1 amide bonds. The van der Waals surface area contributed by atoms with E-state index in [1.54, 1.807) is 0 Å². The minimum Gasteiger partial charge on any atom is -0.438 e. The van der Waals surface area contributed by atoms with E-state index < -0.39 is 0 Å². The van der Waals surface area contributed by atoms with Crippen LogP contribution in [-0.4, -0.2) is 43.2 Å². The summed E-state index contributed by atoms with van der Waals surface area (Å²) in [4.78, 5) is 15.2. The Morgan fingerprint density at radius 2 is 2.60 bits per heavy atom. The van der Waals surface area contributed by atoms with Gasteiger partial charge in [0.2, 0.25) is 5.76 Å². The summed E-state index contributed by atoms with van der Waals surface area (Å²) >= 11 is 0. The second-order valence-corrected chi connectivity index (χ2v) is 3.32. The smallest absolute Gasteiger partial charge is 0.289 e. The minimum absolute atomic E-state index is 0.0231. The van der Waals surface area contributed by atoms with Gasteiger partial charge in [-0.05, 0) is 0 Å². The van der Waals surface area contributed by atoms with Gasteiger partial charge in [-0.3, -0.25) is 4.79 Å². The average molecular weight is 211 g/mol. The molecule has 1 aromatic rings. The Balaban J connectivity index is 1.87. The highest BCUT2D eigenvalue weighted by Gasteiger charge is 2.17. The van der Waals surface area contributed by atoms with Crippen molar-refractivity contribution >= 4 is 5.91 Å². The largest absolute Gasteiger partial charge is 0.438 e. The Labute approximate surface area is 87.0 Å². The van der Waals surface area contributed by atoms with Crippen molar-refractivity contribution < 1.29 is 13.9 Å². The summed E-state index contributed by atoms with van der Waals surface area (Å²) in [5, 5.41) is 5.96. The molecule has 0 aliphatic carbocycles. The lowest BCUT2D eigenvalue weighted by molar-refractivity contribution is 0.0857. The van der Waals surface area contributed by atoms with Gasteiger partial charge in [-0.2, -0.15) is 0 Å². The van der Waals surface area contributed by atoms with E-state index in [0.717, 1.165) is 6.54 Å². The van der Waals surface area contributed by atoms with Crippen LogP contribution in [0.15, 0.2) is 17.0 Å². The zero-order valence-electron chi connectivity index (χ0n) is 8.23. The van der Waals surface area contributed by atoms with Crippen molar-refractivity contribution in [2.45, 2.75) is 6.04 Å². The third-order valence-corrected chi connectivity index (χ3v) is 2.12. The third-order valence-electron chi connectivity index (χ3n) is 2.12. The first-order valence-corrected chi connectivity index (χ1v) is 4.84. The molecule has 1 atom stereocenters. The van der Waals surface area contributed by atoms with E-state index in [0.29, 0.717) is 19.8 Å². The summed E-state index contributed by atoms with van der Waals surface area (Å²) in [6, 6.07) is -0.0231. The number of aromatic nitrogens is 1. The number of oxazole rings is 1. The Morgan fingerprint density at radius 3 is 3.40 bits per heavy atom. The van der Waals surface area contributed by atoms with Gasteiger partial charge in [-0.25, -0.2) is 4.98 Å². The maximum Gasteiger partial charge on any atom is 0.289 e. The standard InChI is InChI=1S/C9H13N3O3/c13-9(8-4-11-6-15-8)12-7-3-10-1-2-14-5-7/h4,6-7,10H,1-3,5H2,(H,12,13). The lowest BCUT2D eigenvalue weighted by atomic mass is 10.3. The summed E-state index contributed by atoms with van der Waals surface area (Å²) in [5.41, 5.74) is 0. The monoisotopic (exact) mass is 211 g/mol. The number of hydrogen-bond acceptors (Lipinski definition) is 5. The summed E-state index contributed by atoms with van der Waals surface area (Å²) in [6.07, 6.45) is 2.62. The maximum absolute atomic E-state index is 11.6. The number of amides is 1. The van der Waals surface area contributed by atoms with Gasteiger partial charge in [0.15, 0.2) is 6.39 Å².